The van der Waals surface area contributed by atoms with Gasteiger partial charge in [0.1, 0.15) is 6.61 Å². The van der Waals surface area contributed by atoms with E-state index in [1.54, 1.807) is 0 Å². The molecular formula is C17H21NO2. The Morgan fingerprint density at radius 2 is 2.20 bits per heavy atom. The largest absolute Gasteiger partial charge is 0.384 e. The second-order valence-corrected chi connectivity index (χ2v) is 5.86. The number of benzene rings is 1. The van der Waals surface area contributed by atoms with E-state index in [9.17, 15) is 4.79 Å². The first-order valence-corrected chi connectivity index (χ1v) is 6.98. The highest BCUT2D eigenvalue weighted by atomic mass is 16.2. The maximum Gasteiger partial charge on any atom is 0.254 e. The number of aliphatic hydroxyl groups excluding tert-OH is 1. The van der Waals surface area contributed by atoms with Gasteiger partial charge in [0, 0.05) is 23.2 Å². The van der Waals surface area contributed by atoms with Crippen LogP contribution in [0, 0.1) is 18.8 Å². The monoisotopic (exact) mass is 271 g/mol. The molecule has 3 nitrogen and oxygen atoms in total. The average molecular weight is 271 g/mol. The second kappa shape index (κ2) is 5.68. The molecule has 0 aromatic heterocycles. The molecule has 1 amide bonds. The maximum absolute atomic E-state index is 12.7. The van der Waals surface area contributed by atoms with Crippen molar-refractivity contribution in [3.05, 3.63) is 34.9 Å². The summed E-state index contributed by atoms with van der Waals surface area (Å²) in [6.07, 6.45) is 2.10. The number of nitrogens with zero attached hydrogens (tertiary/aromatic N) is 1. The molecule has 1 aromatic rings. The van der Waals surface area contributed by atoms with Crippen LogP contribution in [0.4, 0.5) is 0 Å². The van der Waals surface area contributed by atoms with Crippen LogP contribution in [-0.2, 0) is 0 Å². The van der Waals surface area contributed by atoms with Gasteiger partial charge in [-0.05, 0) is 51.3 Å². The van der Waals surface area contributed by atoms with Crippen molar-refractivity contribution < 1.29 is 9.90 Å². The molecule has 3 heteroatoms. The van der Waals surface area contributed by atoms with Crippen LogP contribution in [0.15, 0.2) is 18.2 Å². The Labute approximate surface area is 120 Å². The van der Waals surface area contributed by atoms with E-state index in [4.69, 9.17) is 5.11 Å². The summed E-state index contributed by atoms with van der Waals surface area (Å²) in [5.74, 6) is 5.56. The van der Waals surface area contributed by atoms with Crippen molar-refractivity contribution in [3.63, 3.8) is 0 Å². The smallest absolute Gasteiger partial charge is 0.254 e. The third-order valence-corrected chi connectivity index (χ3v) is 3.93. The molecule has 106 valence electrons. The standard InChI is InChI=1S/C17H21NO2/c1-13-7-8-14(6-4-11-19)12-15(13)16(20)18-10-5-9-17(18,2)3/h7-8,12,19H,5,9-11H2,1-3H3. The highest BCUT2D eigenvalue weighted by molar-refractivity contribution is 5.96. The van der Waals surface area contributed by atoms with Crippen molar-refractivity contribution >= 4 is 5.91 Å². The zero-order valence-electron chi connectivity index (χ0n) is 12.4. The predicted molar refractivity (Wildman–Crippen MR) is 79.5 cm³/mol. The molecule has 0 saturated carbocycles. The Morgan fingerprint density at radius 1 is 1.45 bits per heavy atom. The first kappa shape index (κ1) is 14.6. The molecule has 1 fully saturated rings. The summed E-state index contributed by atoms with van der Waals surface area (Å²) in [6, 6.07) is 5.62. The molecule has 1 aromatic carbocycles. The van der Waals surface area contributed by atoms with Crippen molar-refractivity contribution in [2.24, 2.45) is 0 Å². The molecule has 1 saturated heterocycles. The van der Waals surface area contributed by atoms with Gasteiger partial charge in [-0.15, -0.1) is 0 Å². The van der Waals surface area contributed by atoms with Gasteiger partial charge >= 0.3 is 0 Å². The van der Waals surface area contributed by atoms with Crippen LogP contribution in [0.3, 0.4) is 0 Å². The third kappa shape index (κ3) is 2.86. The van der Waals surface area contributed by atoms with Gasteiger partial charge in [0.05, 0.1) is 0 Å². The summed E-state index contributed by atoms with van der Waals surface area (Å²) in [6.45, 7) is 6.82. The van der Waals surface area contributed by atoms with E-state index < -0.39 is 0 Å². The molecule has 1 N–H and O–H groups in total. The number of aryl methyl sites for hydroxylation is 1. The molecule has 0 spiro atoms. The van der Waals surface area contributed by atoms with Crippen molar-refractivity contribution in [1.29, 1.82) is 0 Å². The zero-order chi connectivity index (χ0) is 14.8. The minimum Gasteiger partial charge on any atom is -0.384 e. The number of likely N-dealkylation sites (tertiary alicyclic amines) is 1. The summed E-state index contributed by atoms with van der Waals surface area (Å²) in [4.78, 5) is 14.7. The SMILES string of the molecule is Cc1ccc(C#CCO)cc1C(=O)N1CCCC1(C)C. The van der Waals surface area contributed by atoms with Gasteiger partial charge in [-0.25, -0.2) is 0 Å². The van der Waals surface area contributed by atoms with Crippen LogP contribution in [0.2, 0.25) is 0 Å². The fourth-order valence-electron chi connectivity index (χ4n) is 2.70. The second-order valence-electron chi connectivity index (χ2n) is 5.86. The minimum atomic E-state index is -0.170. The van der Waals surface area contributed by atoms with E-state index >= 15 is 0 Å². The molecular weight excluding hydrogens is 250 g/mol. The molecule has 0 atom stereocenters. The van der Waals surface area contributed by atoms with Gasteiger partial charge in [0.25, 0.3) is 5.91 Å². The van der Waals surface area contributed by atoms with Gasteiger partial charge < -0.3 is 10.0 Å². The average Bonchev–Trinajstić information content (AvgIpc) is 2.76. The lowest BCUT2D eigenvalue weighted by atomic mass is 9.99. The van der Waals surface area contributed by atoms with Crippen molar-refractivity contribution in [2.45, 2.75) is 39.2 Å². The van der Waals surface area contributed by atoms with Crippen LogP contribution >= 0.6 is 0 Å². The number of carbonyl (C=O) groups excluding carboxylic acids is 1. The fourth-order valence-corrected chi connectivity index (χ4v) is 2.70. The summed E-state index contributed by atoms with van der Waals surface area (Å²) >= 11 is 0. The van der Waals surface area contributed by atoms with E-state index in [0.29, 0.717) is 5.56 Å². The molecule has 20 heavy (non-hydrogen) atoms. The number of hydrogen-bond donors (Lipinski definition) is 1. The molecule has 0 bridgehead atoms. The predicted octanol–water partition coefficient (Wildman–Crippen LogP) is 2.35. The van der Waals surface area contributed by atoms with E-state index in [-0.39, 0.29) is 18.1 Å². The van der Waals surface area contributed by atoms with Crippen molar-refractivity contribution in [1.82, 2.24) is 4.90 Å². The Morgan fingerprint density at radius 3 is 2.80 bits per heavy atom. The van der Waals surface area contributed by atoms with Crippen LogP contribution in [-0.4, -0.2) is 34.6 Å². The number of carbonyl (C=O) groups is 1. The van der Waals surface area contributed by atoms with E-state index in [1.807, 2.05) is 30.0 Å². The lowest BCUT2D eigenvalue weighted by Gasteiger charge is -2.32. The van der Waals surface area contributed by atoms with Crippen LogP contribution < -0.4 is 0 Å². The summed E-state index contributed by atoms with van der Waals surface area (Å²) in [5, 5.41) is 8.75. The number of aliphatic hydroxyl groups is 1. The summed E-state index contributed by atoms with van der Waals surface area (Å²) in [7, 11) is 0. The van der Waals surface area contributed by atoms with Gasteiger partial charge in [0.2, 0.25) is 0 Å². The molecule has 1 aliphatic heterocycles. The molecule has 2 rings (SSSR count). The molecule has 0 radical (unpaired) electrons. The normalized spacial score (nSPS) is 16.7. The maximum atomic E-state index is 12.7. The minimum absolute atomic E-state index is 0.0731. The summed E-state index contributed by atoms with van der Waals surface area (Å²) < 4.78 is 0. The third-order valence-electron chi connectivity index (χ3n) is 3.93. The fraction of sp³-hybridized carbons (Fsp3) is 0.471. The lowest BCUT2D eigenvalue weighted by molar-refractivity contribution is 0.0651. The van der Waals surface area contributed by atoms with Crippen molar-refractivity contribution in [2.75, 3.05) is 13.2 Å². The van der Waals surface area contributed by atoms with E-state index in [0.717, 1.165) is 30.5 Å². The van der Waals surface area contributed by atoms with Gasteiger partial charge in [-0.3, -0.25) is 4.79 Å². The molecule has 1 heterocycles. The first-order valence-electron chi connectivity index (χ1n) is 6.98. The Balaban J connectivity index is 2.34. The van der Waals surface area contributed by atoms with Gasteiger partial charge in [-0.2, -0.15) is 0 Å². The highest BCUT2D eigenvalue weighted by Gasteiger charge is 2.36. The number of amides is 1. The Kier molecular flexibility index (Phi) is 4.15. The van der Waals surface area contributed by atoms with Crippen LogP contribution in [0.25, 0.3) is 0 Å². The van der Waals surface area contributed by atoms with E-state index in [2.05, 4.69) is 25.7 Å². The number of rotatable bonds is 1. The number of hydrogen-bond acceptors (Lipinski definition) is 2. The first-order chi connectivity index (χ1) is 9.45. The van der Waals surface area contributed by atoms with Gasteiger partial charge in [0.15, 0.2) is 0 Å². The Bertz CT molecular complexity index is 578. The van der Waals surface area contributed by atoms with E-state index in [1.165, 1.54) is 0 Å². The molecule has 1 aliphatic rings. The summed E-state index contributed by atoms with van der Waals surface area (Å²) in [5.41, 5.74) is 2.37. The molecule has 0 unspecified atom stereocenters. The topological polar surface area (TPSA) is 40.5 Å². The highest BCUT2D eigenvalue weighted by Crippen LogP contribution is 2.30. The van der Waals surface area contributed by atoms with Crippen LogP contribution in [0.5, 0.6) is 0 Å². The van der Waals surface area contributed by atoms with Crippen molar-refractivity contribution in [3.8, 4) is 11.8 Å². The lowest BCUT2D eigenvalue weighted by Crippen LogP contribution is -2.42. The Hall–Kier alpha value is -1.79. The quantitative estimate of drug-likeness (QED) is 0.797. The van der Waals surface area contributed by atoms with Gasteiger partial charge in [-0.1, -0.05) is 17.9 Å². The molecule has 0 aliphatic carbocycles. The van der Waals surface area contributed by atoms with Crippen LogP contribution in [0.1, 0.15) is 48.2 Å². The zero-order valence-corrected chi connectivity index (χ0v) is 12.4.